The summed E-state index contributed by atoms with van der Waals surface area (Å²) in [5.74, 6) is -2.35. The molecule has 6 nitrogen and oxygen atoms in total. The van der Waals surface area contributed by atoms with E-state index in [0.29, 0.717) is 0 Å². The molecule has 0 N–H and O–H groups in total. The Kier molecular flexibility index (Phi) is 12.6. The molecular weight excluding hydrogens is 396 g/mol. The average Bonchev–Trinajstić information content (AvgIpc) is 2.78. The van der Waals surface area contributed by atoms with E-state index in [1.54, 1.807) is 0 Å². The largest absolute Gasteiger partial charge is 0.545 e. The lowest BCUT2D eigenvalue weighted by molar-refractivity contribution is -0.255. The number of carboxylic acids is 1. The molecular formula is C25H37O6-. The molecule has 6 heteroatoms. The van der Waals surface area contributed by atoms with E-state index in [0.717, 1.165) is 57.4 Å². The van der Waals surface area contributed by atoms with Crippen LogP contribution in [0.5, 0.6) is 0 Å². The summed E-state index contributed by atoms with van der Waals surface area (Å²) in [5.41, 5.74) is -0.397. The highest BCUT2D eigenvalue weighted by atomic mass is 16.5. The first kappa shape index (κ1) is 26.7. The predicted octanol–water partition coefficient (Wildman–Crippen LogP) is 4.80. The molecule has 0 radical (unpaired) electrons. The third-order valence-corrected chi connectivity index (χ3v) is 5.68. The van der Waals surface area contributed by atoms with Crippen LogP contribution in [-0.2, 0) is 9.47 Å². The van der Waals surface area contributed by atoms with Crippen molar-refractivity contribution in [2.75, 3.05) is 13.2 Å². The van der Waals surface area contributed by atoms with E-state index >= 15 is 0 Å². The highest BCUT2D eigenvalue weighted by Crippen LogP contribution is 2.18. The Hall–Kier alpha value is -2.37. The van der Waals surface area contributed by atoms with Crippen molar-refractivity contribution in [3.05, 3.63) is 34.9 Å². The molecule has 31 heavy (non-hydrogen) atoms. The van der Waals surface area contributed by atoms with E-state index in [-0.39, 0.29) is 41.7 Å². The zero-order valence-corrected chi connectivity index (χ0v) is 19.4. The van der Waals surface area contributed by atoms with Crippen LogP contribution in [0.2, 0.25) is 0 Å². The summed E-state index contributed by atoms with van der Waals surface area (Å²) in [7, 11) is 0. The molecule has 0 saturated carbocycles. The van der Waals surface area contributed by atoms with Crippen molar-refractivity contribution in [3.8, 4) is 0 Å². The molecule has 2 unspecified atom stereocenters. The number of unbranched alkanes of at least 4 members (excludes halogenated alkanes) is 2. The number of ether oxygens (including phenoxy) is 2. The van der Waals surface area contributed by atoms with Crippen molar-refractivity contribution >= 4 is 17.9 Å². The van der Waals surface area contributed by atoms with Gasteiger partial charge in [-0.25, -0.2) is 9.59 Å². The summed E-state index contributed by atoms with van der Waals surface area (Å²) in [6.45, 7) is 8.82. The first-order valence-corrected chi connectivity index (χ1v) is 11.6. The second kappa shape index (κ2) is 14.6. The topological polar surface area (TPSA) is 92.7 Å². The second-order valence-corrected chi connectivity index (χ2v) is 8.08. The first-order chi connectivity index (χ1) is 14.9. The van der Waals surface area contributed by atoms with Crippen molar-refractivity contribution in [1.29, 1.82) is 0 Å². The van der Waals surface area contributed by atoms with Crippen molar-refractivity contribution in [2.45, 2.75) is 79.1 Å². The van der Waals surface area contributed by atoms with Gasteiger partial charge in [-0.05, 0) is 42.9 Å². The number of benzene rings is 1. The van der Waals surface area contributed by atoms with Crippen LogP contribution in [0, 0.1) is 11.8 Å². The maximum Gasteiger partial charge on any atom is 0.338 e. The van der Waals surface area contributed by atoms with Gasteiger partial charge in [-0.1, -0.05) is 66.2 Å². The number of carboxylic acid groups (broad SMARTS) is 1. The molecule has 0 aliphatic heterocycles. The third kappa shape index (κ3) is 9.11. The van der Waals surface area contributed by atoms with Gasteiger partial charge in [-0.15, -0.1) is 0 Å². The summed E-state index contributed by atoms with van der Waals surface area (Å²) in [6, 6.07) is 3.83. The molecule has 1 aromatic rings. The van der Waals surface area contributed by atoms with Gasteiger partial charge in [0.2, 0.25) is 0 Å². The van der Waals surface area contributed by atoms with E-state index in [9.17, 15) is 19.5 Å². The van der Waals surface area contributed by atoms with E-state index in [1.807, 2.05) is 13.8 Å². The number of aromatic carboxylic acids is 1. The SMILES string of the molecule is CCCCC(CC)COC(=O)c1ccc(C(=O)OCC(CC)CCCC)c(C(=O)[O-])c1. The maximum absolute atomic E-state index is 12.5. The predicted molar refractivity (Wildman–Crippen MR) is 118 cm³/mol. The number of rotatable bonds is 15. The lowest BCUT2D eigenvalue weighted by atomic mass is 10.00. The first-order valence-electron chi connectivity index (χ1n) is 11.6. The Morgan fingerprint density at radius 3 is 1.77 bits per heavy atom. The van der Waals surface area contributed by atoms with Crippen LogP contribution in [0.1, 0.15) is 110 Å². The van der Waals surface area contributed by atoms with Gasteiger partial charge in [0.25, 0.3) is 0 Å². The fourth-order valence-corrected chi connectivity index (χ4v) is 3.36. The van der Waals surface area contributed by atoms with Crippen LogP contribution >= 0.6 is 0 Å². The Bertz CT molecular complexity index is 712. The second-order valence-electron chi connectivity index (χ2n) is 8.08. The van der Waals surface area contributed by atoms with Crippen molar-refractivity contribution in [2.24, 2.45) is 11.8 Å². The van der Waals surface area contributed by atoms with Crippen LogP contribution < -0.4 is 5.11 Å². The summed E-state index contributed by atoms with van der Waals surface area (Å²) < 4.78 is 10.7. The highest BCUT2D eigenvalue weighted by molar-refractivity contribution is 6.03. The summed E-state index contributed by atoms with van der Waals surface area (Å²) in [5, 5.41) is 11.6. The van der Waals surface area contributed by atoms with Gasteiger partial charge in [0, 0.05) is 5.56 Å². The third-order valence-electron chi connectivity index (χ3n) is 5.68. The minimum atomic E-state index is -1.53. The fourth-order valence-electron chi connectivity index (χ4n) is 3.36. The van der Waals surface area contributed by atoms with E-state index in [1.165, 1.54) is 12.1 Å². The highest BCUT2D eigenvalue weighted by Gasteiger charge is 2.19. The van der Waals surface area contributed by atoms with Crippen LogP contribution in [-0.4, -0.2) is 31.1 Å². The quantitative estimate of drug-likeness (QED) is 0.369. The van der Waals surface area contributed by atoms with Gasteiger partial charge < -0.3 is 19.4 Å². The van der Waals surface area contributed by atoms with Gasteiger partial charge >= 0.3 is 11.9 Å². The Morgan fingerprint density at radius 1 is 0.806 bits per heavy atom. The monoisotopic (exact) mass is 433 g/mol. The van der Waals surface area contributed by atoms with Gasteiger partial charge in [0.05, 0.1) is 30.3 Å². The van der Waals surface area contributed by atoms with Crippen LogP contribution in [0.3, 0.4) is 0 Å². The molecule has 0 amide bonds. The molecule has 174 valence electrons. The maximum atomic E-state index is 12.5. The zero-order chi connectivity index (χ0) is 23.2. The Labute approximate surface area is 186 Å². The summed E-state index contributed by atoms with van der Waals surface area (Å²) in [6.07, 6.45) is 7.97. The molecule has 1 aromatic carbocycles. The lowest BCUT2D eigenvalue weighted by Gasteiger charge is -2.17. The minimum Gasteiger partial charge on any atom is -0.545 e. The van der Waals surface area contributed by atoms with E-state index in [2.05, 4.69) is 13.8 Å². The molecule has 0 aromatic heterocycles. The number of hydrogen-bond acceptors (Lipinski definition) is 6. The smallest absolute Gasteiger partial charge is 0.338 e. The normalized spacial score (nSPS) is 12.8. The van der Waals surface area contributed by atoms with Crippen LogP contribution in [0.15, 0.2) is 18.2 Å². The molecule has 1 rings (SSSR count). The van der Waals surface area contributed by atoms with E-state index in [4.69, 9.17) is 9.47 Å². The van der Waals surface area contributed by atoms with Gasteiger partial charge in [0.1, 0.15) is 0 Å². The number of hydrogen-bond donors (Lipinski definition) is 0. The summed E-state index contributed by atoms with van der Waals surface area (Å²) in [4.78, 5) is 36.5. The Balaban J connectivity index is 2.84. The Morgan fingerprint density at radius 2 is 1.32 bits per heavy atom. The number of esters is 2. The minimum absolute atomic E-state index is 0.0791. The van der Waals surface area contributed by atoms with Gasteiger partial charge in [-0.2, -0.15) is 0 Å². The molecule has 0 bridgehead atoms. The molecule has 0 aliphatic rings. The van der Waals surface area contributed by atoms with Crippen molar-refractivity contribution < 1.29 is 29.0 Å². The summed E-state index contributed by atoms with van der Waals surface area (Å²) >= 11 is 0. The van der Waals surface area contributed by atoms with E-state index < -0.39 is 17.9 Å². The number of carbonyl (C=O) groups excluding carboxylic acids is 3. The van der Waals surface area contributed by atoms with Crippen molar-refractivity contribution in [3.63, 3.8) is 0 Å². The molecule has 0 fully saturated rings. The molecule has 0 saturated heterocycles. The standard InChI is InChI=1S/C25H38O6/c1-5-9-11-18(7-3)16-30-24(28)20-13-14-21(22(15-20)23(26)27)25(29)31-17-19(8-4)12-10-6-2/h13-15,18-19H,5-12,16-17H2,1-4H3,(H,26,27)/p-1. The van der Waals surface area contributed by atoms with Crippen LogP contribution in [0.4, 0.5) is 0 Å². The van der Waals surface area contributed by atoms with Gasteiger partial charge in [0.15, 0.2) is 0 Å². The van der Waals surface area contributed by atoms with Crippen LogP contribution in [0.25, 0.3) is 0 Å². The molecule has 0 spiro atoms. The molecule has 0 aliphatic carbocycles. The molecule has 0 heterocycles. The zero-order valence-electron chi connectivity index (χ0n) is 19.4. The average molecular weight is 434 g/mol. The number of carbonyl (C=O) groups is 3. The van der Waals surface area contributed by atoms with Crippen molar-refractivity contribution in [1.82, 2.24) is 0 Å². The lowest BCUT2D eigenvalue weighted by Crippen LogP contribution is -2.26. The molecule has 2 atom stereocenters. The van der Waals surface area contributed by atoms with Gasteiger partial charge in [-0.3, -0.25) is 0 Å². The fraction of sp³-hybridized carbons (Fsp3) is 0.640.